The Morgan fingerprint density at radius 3 is 2.62 bits per heavy atom. The molecule has 3 heteroatoms. The van der Waals surface area contributed by atoms with E-state index in [1.165, 1.54) is 16.8 Å². The van der Waals surface area contributed by atoms with Crippen molar-refractivity contribution in [2.75, 3.05) is 25.1 Å². The number of para-hydroxylation sites is 1. The van der Waals surface area contributed by atoms with Gasteiger partial charge in [-0.3, -0.25) is 0 Å². The first-order valence-corrected chi connectivity index (χ1v) is 7.48. The zero-order valence-corrected chi connectivity index (χ0v) is 12.5. The van der Waals surface area contributed by atoms with Crippen LogP contribution in [0.4, 0.5) is 5.69 Å². The quantitative estimate of drug-likeness (QED) is 0.915. The number of hydrogen-bond acceptors (Lipinski definition) is 3. The summed E-state index contributed by atoms with van der Waals surface area (Å²) in [7, 11) is 1.70. The van der Waals surface area contributed by atoms with Crippen molar-refractivity contribution in [2.24, 2.45) is 5.73 Å². The van der Waals surface area contributed by atoms with Crippen LogP contribution in [0.3, 0.4) is 0 Å². The zero-order valence-electron chi connectivity index (χ0n) is 12.5. The fourth-order valence-corrected chi connectivity index (χ4v) is 3.13. The Hall–Kier alpha value is -2.00. The molecule has 0 aliphatic carbocycles. The summed E-state index contributed by atoms with van der Waals surface area (Å²) >= 11 is 0. The zero-order chi connectivity index (χ0) is 14.7. The number of methoxy groups -OCH3 is 1. The molecule has 0 aromatic heterocycles. The summed E-state index contributed by atoms with van der Waals surface area (Å²) in [5, 5.41) is 0. The molecule has 110 valence electrons. The normalized spacial score (nSPS) is 16.9. The van der Waals surface area contributed by atoms with E-state index in [9.17, 15) is 0 Å². The van der Waals surface area contributed by atoms with E-state index in [1.807, 2.05) is 12.1 Å². The molecule has 0 radical (unpaired) electrons. The molecule has 2 N–H and O–H groups in total. The topological polar surface area (TPSA) is 38.5 Å². The lowest BCUT2D eigenvalue weighted by Crippen LogP contribution is -2.22. The van der Waals surface area contributed by atoms with Crippen LogP contribution in [0, 0.1) is 0 Å². The van der Waals surface area contributed by atoms with Crippen molar-refractivity contribution in [1.29, 1.82) is 0 Å². The summed E-state index contributed by atoms with van der Waals surface area (Å²) in [6.07, 6.45) is 1.05. The van der Waals surface area contributed by atoms with Gasteiger partial charge in [-0.2, -0.15) is 0 Å². The van der Waals surface area contributed by atoms with Gasteiger partial charge in [0, 0.05) is 24.7 Å². The number of fused-ring (bicyclic) bond motifs is 1. The molecule has 1 atom stereocenters. The maximum Gasteiger partial charge on any atom is 0.118 e. The van der Waals surface area contributed by atoms with Crippen molar-refractivity contribution >= 4 is 5.69 Å². The second-order valence-electron chi connectivity index (χ2n) is 5.56. The van der Waals surface area contributed by atoms with Crippen LogP contribution in [-0.2, 0) is 6.54 Å². The van der Waals surface area contributed by atoms with Crippen LogP contribution in [-0.4, -0.2) is 20.2 Å². The van der Waals surface area contributed by atoms with E-state index in [-0.39, 0.29) is 0 Å². The van der Waals surface area contributed by atoms with Gasteiger partial charge in [-0.05, 0) is 42.3 Å². The van der Waals surface area contributed by atoms with Crippen molar-refractivity contribution in [3.63, 3.8) is 0 Å². The van der Waals surface area contributed by atoms with Crippen LogP contribution in [0.25, 0.3) is 0 Å². The van der Waals surface area contributed by atoms with E-state index in [1.54, 1.807) is 7.11 Å². The molecule has 2 aromatic carbocycles. The van der Waals surface area contributed by atoms with Crippen LogP contribution in [0.15, 0.2) is 48.5 Å². The summed E-state index contributed by atoms with van der Waals surface area (Å²) in [4.78, 5) is 2.46. The molecule has 1 aliphatic rings. The van der Waals surface area contributed by atoms with E-state index >= 15 is 0 Å². The third-order valence-electron chi connectivity index (χ3n) is 4.21. The second-order valence-corrected chi connectivity index (χ2v) is 5.56. The van der Waals surface area contributed by atoms with Crippen molar-refractivity contribution in [3.05, 3.63) is 59.7 Å². The molecule has 21 heavy (non-hydrogen) atoms. The van der Waals surface area contributed by atoms with E-state index in [0.717, 1.165) is 31.8 Å². The molecule has 0 saturated carbocycles. The standard InChI is InChI=1S/C18H22N2O/c1-21-16-8-6-14(7-9-16)12-20-13-15(10-11-19)17-4-2-3-5-18(17)20/h2-9,15H,10-13,19H2,1H3. The Morgan fingerprint density at radius 2 is 1.90 bits per heavy atom. The minimum Gasteiger partial charge on any atom is -0.497 e. The van der Waals surface area contributed by atoms with Crippen molar-refractivity contribution in [3.8, 4) is 5.75 Å². The van der Waals surface area contributed by atoms with Gasteiger partial charge in [-0.15, -0.1) is 0 Å². The van der Waals surface area contributed by atoms with Crippen molar-refractivity contribution in [1.82, 2.24) is 0 Å². The van der Waals surface area contributed by atoms with Gasteiger partial charge in [-0.1, -0.05) is 30.3 Å². The van der Waals surface area contributed by atoms with E-state index in [4.69, 9.17) is 10.5 Å². The van der Waals surface area contributed by atoms with Crippen LogP contribution >= 0.6 is 0 Å². The number of anilines is 1. The lowest BCUT2D eigenvalue weighted by atomic mass is 9.98. The van der Waals surface area contributed by atoms with Crippen LogP contribution in [0.5, 0.6) is 5.75 Å². The monoisotopic (exact) mass is 282 g/mol. The van der Waals surface area contributed by atoms with E-state index < -0.39 is 0 Å². The summed E-state index contributed by atoms with van der Waals surface area (Å²) < 4.78 is 5.22. The molecule has 0 bridgehead atoms. The van der Waals surface area contributed by atoms with Crippen molar-refractivity contribution in [2.45, 2.75) is 18.9 Å². The molecule has 1 heterocycles. The molecule has 0 spiro atoms. The fraction of sp³-hybridized carbons (Fsp3) is 0.333. The van der Waals surface area contributed by atoms with E-state index in [2.05, 4.69) is 41.3 Å². The maximum atomic E-state index is 5.76. The highest BCUT2D eigenvalue weighted by molar-refractivity contribution is 5.60. The number of rotatable bonds is 5. The lowest BCUT2D eigenvalue weighted by Gasteiger charge is -2.20. The molecule has 0 saturated heterocycles. The minimum atomic E-state index is 0.560. The molecule has 1 aliphatic heterocycles. The number of nitrogens with two attached hydrogens (primary N) is 1. The highest BCUT2D eigenvalue weighted by Crippen LogP contribution is 2.38. The highest BCUT2D eigenvalue weighted by Gasteiger charge is 2.27. The number of hydrogen-bond donors (Lipinski definition) is 1. The Bertz CT molecular complexity index is 594. The third kappa shape index (κ3) is 2.88. The Labute approximate surface area is 126 Å². The van der Waals surface area contributed by atoms with Crippen LogP contribution in [0.2, 0.25) is 0 Å². The third-order valence-corrected chi connectivity index (χ3v) is 4.21. The average Bonchev–Trinajstić information content (AvgIpc) is 2.87. The van der Waals surface area contributed by atoms with Gasteiger partial charge < -0.3 is 15.4 Å². The SMILES string of the molecule is COc1ccc(CN2CC(CCN)c3ccccc32)cc1. The lowest BCUT2D eigenvalue weighted by molar-refractivity contribution is 0.414. The van der Waals surface area contributed by atoms with Gasteiger partial charge in [-0.25, -0.2) is 0 Å². The van der Waals surface area contributed by atoms with Gasteiger partial charge in [0.05, 0.1) is 7.11 Å². The highest BCUT2D eigenvalue weighted by atomic mass is 16.5. The van der Waals surface area contributed by atoms with Crippen LogP contribution < -0.4 is 15.4 Å². The first-order valence-electron chi connectivity index (χ1n) is 7.48. The summed E-state index contributed by atoms with van der Waals surface area (Å²) in [6.45, 7) is 2.74. The maximum absolute atomic E-state index is 5.76. The number of nitrogens with zero attached hydrogens (tertiary/aromatic N) is 1. The summed E-state index contributed by atoms with van der Waals surface area (Å²) in [5.74, 6) is 1.46. The van der Waals surface area contributed by atoms with Crippen molar-refractivity contribution < 1.29 is 4.74 Å². The number of ether oxygens (including phenoxy) is 1. The first-order chi connectivity index (χ1) is 10.3. The number of benzene rings is 2. The van der Waals surface area contributed by atoms with Gasteiger partial charge in [0.25, 0.3) is 0 Å². The van der Waals surface area contributed by atoms with Gasteiger partial charge in [0.2, 0.25) is 0 Å². The van der Waals surface area contributed by atoms with Gasteiger partial charge >= 0.3 is 0 Å². The molecule has 1 unspecified atom stereocenters. The molecular weight excluding hydrogens is 260 g/mol. The predicted octanol–water partition coefficient (Wildman–Crippen LogP) is 3.15. The minimum absolute atomic E-state index is 0.560. The molecule has 3 nitrogen and oxygen atoms in total. The predicted molar refractivity (Wildman–Crippen MR) is 86.9 cm³/mol. The Balaban J connectivity index is 1.79. The summed E-state index contributed by atoms with van der Waals surface area (Å²) in [6, 6.07) is 17.0. The Morgan fingerprint density at radius 1 is 1.14 bits per heavy atom. The molecular formula is C18H22N2O. The fourth-order valence-electron chi connectivity index (χ4n) is 3.13. The largest absolute Gasteiger partial charge is 0.497 e. The first kappa shape index (κ1) is 14.0. The van der Waals surface area contributed by atoms with Gasteiger partial charge in [0.1, 0.15) is 5.75 Å². The summed E-state index contributed by atoms with van der Waals surface area (Å²) in [5.41, 5.74) is 9.86. The smallest absolute Gasteiger partial charge is 0.118 e. The molecule has 2 aromatic rings. The van der Waals surface area contributed by atoms with Crippen LogP contribution in [0.1, 0.15) is 23.5 Å². The second kappa shape index (κ2) is 6.19. The Kier molecular flexibility index (Phi) is 4.11. The molecule has 3 rings (SSSR count). The molecule has 0 fully saturated rings. The van der Waals surface area contributed by atoms with E-state index in [0.29, 0.717) is 5.92 Å². The molecule has 0 amide bonds. The average molecular weight is 282 g/mol. The van der Waals surface area contributed by atoms with Gasteiger partial charge in [0.15, 0.2) is 0 Å².